The van der Waals surface area contributed by atoms with E-state index in [1.165, 1.54) is 24.3 Å². The summed E-state index contributed by atoms with van der Waals surface area (Å²) in [6.45, 7) is 1.97. The molecule has 5 heteroatoms. The molecule has 0 heterocycles. The van der Waals surface area contributed by atoms with Crippen LogP contribution >= 0.6 is 0 Å². The molecule has 0 saturated heterocycles. The van der Waals surface area contributed by atoms with Crippen LogP contribution in [0.25, 0.3) is 0 Å². The first kappa shape index (κ1) is 12.5. The molecule has 0 aromatic heterocycles. The lowest BCUT2D eigenvalue weighted by molar-refractivity contribution is -0.128. The summed E-state index contributed by atoms with van der Waals surface area (Å²) in [5, 5.41) is 2.61. The average molecular weight is 250 g/mol. The number of carbonyl (C=O) groups excluding carboxylic acids is 2. The van der Waals surface area contributed by atoms with Crippen molar-refractivity contribution >= 4 is 11.8 Å². The monoisotopic (exact) mass is 250 g/mol. The topological polar surface area (TPSA) is 72.2 Å². The predicted octanol–water partition coefficient (Wildman–Crippen LogP) is 1.12. The molecule has 1 fully saturated rings. The van der Waals surface area contributed by atoms with Gasteiger partial charge in [0, 0.05) is 5.92 Å². The molecular weight excluding hydrogens is 235 g/mol. The molecule has 0 aliphatic heterocycles. The lowest BCUT2D eigenvalue weighted by Crippen LogP contribution is -2.38. The van der Waals surface area contributed by atoms with Crippen LogP contribution in [0, 0.1) is 17.7 Å². The molecule has 0 bridgehead atoms. The number of hydrogen-bond donors (Lipinski definition) is 2. The lowest BCUT2D eigenvalue weighted by Gasteiger charge is -2.15. The molecule has 2 rings (SSSR count). The number of halogens is 1. The summed E-state index contributed by atoms with van der Waals surface area (Å²) >= 11 is 0. The molecule has 1 aromatic carbocycles. The van der Waals surface area contributed by atoms with Crippen molar-refractivity contribution in [1.29, 1.82) is 0 Å². The van der Waals surface area contributed by atoms with Gasteiger partial charge in [-0.3, -0.25) is 9.59 Å². The third-order valence-electron chi connectivity index (χ3n) is 3.22. The Bertz CT molecular complexity index is 472. The van der Waals surface area contributed by atoms with Crippen LogP contribution in [-0.2, 0) is 9.59 Å². The highest BCUT2D eigenvalue weighted by molar-refractivity contribution is 5.89. The maximum absolute atomic E-state index is 12.8. The van der Waals surface area contributed by atoms with E-state index >= 15 is 0 Å². The van der Waals surface area contributed by atoms with Gasteiger partial charge in [-0.05, 0) is 30.0 Å². The van der Waals surface area contributed by atoms with Crippen LogP contribution in [0.15, 0.2) is 24.3 Å². The minimum absolute atomic E-state index is 0.0349. The summed E-state index contributed by atoms with van der Waals surface area (Å²) in [5.74, 6) is -0.901. The van der Waals surface area contributed by atoms with Crippen molar-refractivity contribution in [2.24, 2.45) is 17.6 Å². The van der Waals surface area contributed by atoms with E-state index in [4.69, 9.17) is 5.73 Å². The van der Waals surface area contributed by atoms with Gasteiger partial charge < -0.3 is 11.1 Å². The van der Waals surface area contributed by atoms with Crippen molar-refractivity contribution in [2.75, 3.05) is 0 Å². The minimum Gasteiger partial charge on any atom is -0.368 e. The van der Waals surface area contributed by atoms with E-state index in [-0.39, 0.29) is 11.8 Å². The molecule has 1 aromatic rings. The van der Waals surface area contributed by atoms with Crippen LogP contribution in [-0.4, -0.2) is 11.8 Å². The number of hydrogen-bond acceptors (Lipinski definition) is 2. The largest absolute Gasteiger partial charge is 0.368 e. The maximum atomic E-state index is 12.8. The molecule has 1 saturated carbocycles. The van der Waals surface area contributed by atoms with Crippen LogP contribution in [0.4, 0.5) is 4.39 Å². The second-order valence-corrected chi connectivity index (χ2v) is 4.72. The van der Waals surface area contributed by atoms with E-state index in [9.17, 15) is 14.0 Å². The van der Waals surface area contributed by atoms with E-state index in [1.54, 1.807) is 0 Å². The quantitative estimate of drug-likeness (QED) is 0.840. The van der Waals surface area contributed by atoms with Crippen molar-refractivity contribution in [1.82, 2.24) is 5.32 Å². The summed E-state index contributed by atoms with van der Waals surface area (Å²) in [5.41, 5.74) is 5.75. The smallest absolute Gasteiger partial charge is 0.244 e. The van der Waals surface area contributed by atoms with Crippen molar-refractivity contribution in [3.8, 4) is 0 Å². The third-order valence-corrected chi connectivity index (χ3v) is 3.22. The van der Waals surface area contributed by atoms with Gasteiger partial charge in [0.05, 0.1) is 0 Å². The molecule has 0 unspecified atom stereocenters. The number of benzene rings is 1. The van der Waals surface area contributed by atoms with Gasteiger partial charge in [-0.2, -0.15) is 0 Å². The summed E-state index contributed by atoms with van der Waals surface area (Å²) < 4.78 is 12.8. The Morgan fingerprint density at radius 2 is 1.94 bits per heavy atom. The predicted molar refractivity (Wildman–Crippen MR) is 63.7 cm³/mol. The average Bonchev–Trinajstić information content (AvgIpc) is 3.04. The second-order valence-electron chi connectivity index (χ2n) is 4.72. The molecule has 4 nitrogen and oxygen atoms in total. The molecule has 2 amide bonds. The number of nitrogens with two attached hydrogens (primary N) is 1. The zero-order valence-corrected chi connectivity index (χ0v) is 10.0. The summed E-state index contributed by atoms with van der Waals surface area (Å²) in [7, 11) is 0. The first-order chi connectivity index (χ1) is 8.49. The van der Waals surface area contributed by atoms with Crippen LogP contribution < -0.4 is 11.1 Å². The van der Waals surface area contributed by atoms with Crippen molar-refractivity contribution < 1.29 is 14.0 Å². The Hall–Kier alpha value is -1.91. The standard InChI is InChI=1S/C13H15FN2O2/c1-7-6-10(7)13(18)16-11(12(15)17)8-2-4-9(14)5-3-8/h2-5,7,10-11H,6H2,1H3,(H2,15,17)(H,16,18)/t7-,10-,11+/m1/s1. The third kappa shape index (κ3) is 2.67. The van der Waals surface area contributed by atoms with Crippen LogP contribution in [0.3, 0.4) is 0 Å². The van der Waals surface area contributed by atoms with Gasteiger partial charge in [-0.25, -0.2) is 4.39 Å². The van der Waals surface area contributed by atoms with Crippen LogP contribution in [0.2, 0.25) is 0 Å². The van der Waals surface area contributed by atoms with E-state index in [0.717, 1.165) is 6.42 Å². The molecule has 0 spiro atoms. The Labute approximate surface area is 104 Å². The lowest BCUT2D eigenvalue weighted by atomic mass is 10.1. The van der Waals surface area contributed by atoms with E-state index in [0.29, 0.717) is 11.5 Å². The number of primary amides is 1. The molecule has 3 N–H and O–H groups in total. The van der Waals surface area contributed by atoms with Gasteiger partial charge in [0.15, 0.2) is 0 Å². The van der Waals surface area contributed by atoms with Crippen molar-refractivity contribution in [2.45, 2.75) is 19.4 Å². The van der Waals surface area contributed by atoms with E-state index < -0.39 is 17.8 Å². The number of amides is 2. The first-order valence-electron chi connectivity index (χ1n) is 5.84. The highest BCUT2D eigenvalue weighted by Crippen LogP contribution is 2.38. The SMILES string of the molecule is C[C@@H]1C[C@H]1C(=O)N[C@H](C(N)=O)c1ccc(F)cc1. The number of rotatable bonds is 4. The Morgan fingerprint density at radius 1 is 1.39 bits per heavy atom. The highest BCUT2D eigenvalue weighted by Gasteiger charge is 2.40. The molecule has 3 atom stereocenters. The molecule has 1 aliphatic carbocycles. The fourth-order valence-electron chi connectivity index (χ4n) is 1.91. The van der Waals surface area contributed by atoms with Gasteiger partial charge in [0.25, 0.3) is 0 Å². The Balaban J connectivity index is 2.11. The maximum Gasteiger partial charge on any atom is 0.244 e. The van der Waals surface area contributed by atoms with Gasteiger partial charge in [-0.1, -0.05) is 19.1 Å². The molecule has 96 valence electrons. The van der Waals surface area contributed by atoms with Gasteiger partial charge >= 0.3 is 0 Å². The molecule has 1 aliphatic rings. The second kappa shape index (κ2) is 4.76. The zero-order chi connectivity index (χ0) is 13.3. The van der Waals surface area contributed by atoms with Crippen LogP contribution in [0.1, 0.15) is 24.9 Å². The molecule has 18 heavy (non-hydrogen) atoms. The minimum atomic E-state index is -0.897. The van der Waals surface area contributed by atoms with Crippen molar-refractivity contribution in [3.05, 3.63) is 35.6 Å². The fourth-order valence-corrected chi connectivity index (χ4v) is 1.91. The summed E-state index contributed by atoms with van der Waals surface area (Å²) in [6.07, 6.45) is 0.834. The summed E-state index contributed by atoms with van der Waals surface area (Å²) in [6, 6.07) is 4.46. The number of nitrogens with one attached hydrogen (secondary N) is 1. The molecular formula is C13H15FN2O2. The van der Waals surface area contributed by atoms with Gasteiger partial charge in [0.2, 0.25) is 11.8 Å². The zero-order valence-electron chi connectivity index (χ0n) is 10.0. The van der Waals surface area contributed by atoms with E-state index in [2.05, 4.69) is 5.32 Å². The fraction of sp³-hybridized carbons (Fsp3) is 0.385. The highest BCUT2D eigenvalue weighted by atomic mass is 19.1. The number of carbonyl (C=O) groups is 2. The van der Waals surface area contributed by atoms with Gasteiger partial charge in [0.1, 0.15) is 11.9 Å². The van der Waals surface area contributed by atoms with E-state index in [1.807, 2.05) is 6.92 Å². The van der Waals surface area contributed by atoms with Gasteiger partial charge in [-0.15, -0.1) is 0 Å². The van der Waals surface area contributed by atoms with Crippen LogP contribution in [0.5, 0.6) is 0 Å². The normalized spacial score (nSPS) is 23.2. The first-order valence-corrected chi connectivity index (χ1v) is 5.84. The Kier molecular flexibility index (Phi) is 3.32. The Morgan fingerprint density at radius 3 is 2.39 bits per heavy atom. The summed E-state index contributed by atoms with van der Waals surface area (Å²) in [4.78, 5) is 23.1. The molecule has 0 radical (unpaired) electrons. The van der Waals surface area contributed by atoms with Crippen molar-refractivity contribution in [3.63, 3.8) is 0 Å².